The Balaban J connectivity index is 0.00000225. The molecule has 0 atom stereocenters. The molecule has 0 unspecified atom stereocenters. The number of furan rings is 1. The Hall–Kier alpha value is -1.09. The van der Waals surface area contributed by atoms with Gasteiger partial charge in [-0.1, -0.05) is 12.8 Å². The van der Waals surface area contributed by atoms with E-state index in [0.29, 0.717) is 6.04 Å². The first-order valence-electron chi connectivity index (χ1n) is 8.74. The lowest BCUT2D eigenvalue weighted by Gasteiger charge is -2.25. The molecule has 2 aromatic rings. The highest BCUT2D eigenvalue weighted by atomic mass is 127. The minimum absolute atomic E-state index is 0. The first kappa shape index (κ1) is 20.2. The molecule has 138 valence electrons. The lowest BCUT2D eigenvalue weighted by Crippen LogP contribution is -2.44. The molecule has 1 N–H and O–H groups in total. The molecule has 0 amide bonds. The third-order valence-corrected chi connectivity index (χ3v) is 5.23. The van der Waals surface area contributed by atoms with Crippen LogP contribution in [0.15, 0.2) is 39.4 Å². The molecule has 1 fully saturated rings. The summed E-state index contributed by atoms with van der Waals surface area (Å²) in [6.45, 7) is 1.66. The molecule has 2 aromatic heterocycles. The predicted octanol–water partition coefficient (Wildman–Crippen LogP) is 3.96. The fourth-order valence-electron chi connectivity index (χ4n) is 3.00. The van der Waals surface area contributed by atoms with Crippen LogP contribution in [0, 0.1) is 0 Å². The quantitative estimate of drug-likeness (QED) is 0.375. The molecule has 5 nitrogen and oxygen atoms in total. The molecular weight excluding hydrogens is 447 g/mol. The zero-order valence-electron chi connectivity index (χ0n) is 14.7. The molecule has 2 heterocycles. The van der Waals surface area contributed by atoms with Crippen molar-refractivity contribution in [1.82, 2.24) is 15.2 Å². The van der Waals surface area contributed by atoms with Crippen LogP contribution in [0.3, 0.4) is 0 Å². The van der Waals surface area contributed by atoms with Crippen molar-refractivity contribution >= 4 is 41.3 Å². The summed E-state index contributed by atoms with van der Waals surface area (Å²) in [6, 6.07) is 4.50. The van der Waals surface area contributed by atoms with Crippen molar-refractivity contribution in [2.24, 2.45) is 4.99 Å². The van der Waals surface area contributed by atoms with Gasteiger partial charge in [-0.25, -0.2) is 4.98 Å². The summed E-state index contributed by atoms with van der Waals surface area (Å²) in [5.41, 5.74) is 0. The number of likely N-dealkylation sites (N-methyl/N-ethyl adjacent to an activating group) is 1. The average molecular weight is 474 g/mol. The zero-order chi connectivity index (χ0) is 16.6. The summed E-state index contributed by atoms with van der Waals surface area (Å²) in [6.07, 6.45) is 10.5. The smallest absolute Gasteiger partial charge is 0.193 e. The van der Waals surface area contributed by atoms with Gasteiger partial charge < -0.3 is 14.6 Å². The number of aromatic nitrogens is 1. The fraction of sp³-hybridized carbons (Fsp3) is 0.556. The Labute approximate surface area is 171 Å². The lowest BCUT2D eigenvalue weighted by atomic mass is 10.2. The van der Waals surface area contributed by atoms with E-state index in [-0.39, 0.29) is 24.0 Å². The number of nitrogens with zero attached hydrogens (tertiary/aromatic N) is 3. The van der Waals surface area contributed by atoms with Crippen LogP contribution in [0.4, 0.5) is 0 Å². The van der Waals surface area contributed by atoms with E-state index >= 15 is 0 Å². The number of thiazole rings is 1. The van der Waals surface area contributed by atoms with Crippen LogP contribution in [0.1, 0.15) is 36.5 Å². The van der Waals surface area contributed by atoms with Crippen LogP contribution in [0.25, 0.3) is 0 Å². The standard InChI is InChI=1S/C18H26N4OS.HI/c1-22(12-9-17-19-11-14-24-17)18(21-15-5-2-3-6-15)20-10-8-16-7-4-13-23-16;/h4,7,11,13-15H,2-3,5-6,8-10,12H2,1H3,(H,20,21);1H. The summed E-state index contributed by atoms with van der Waals surface area (Å²) in [5.74, 6) is 1.99. The minimum atomic E-state index is 0. The van der Waals surface area contributed by atoms with Gasteiger partial charge in [-0.3, -0.25) is 4.99 Å². The largest absolute Gasteiger partial charge is 0.469 e. The molecule has 0 saturated heterocycles. The molecule has 1 aliphatic rings. The Bertz CT molecular complexity index is 609. The van der Waals surface area contributed by atoms with Gasteiger partial charge in [-0.15, -0.1) is 35.3 Å². The van der Waals surface area contributed by atoms with E-state index in [1.54, 1.807) is 17.6 Å². The fourth-order valence-corrected chi connectivity index (χ4v) is 3.61. The third kappa shape index (κ3) is 6.62. The summed E-state index contributed by atoms with van der Waals surface area (Å²) >= 11 is 1.72. The number of guanidine groups is 1. The molecule has 3 rings (SSSR count). The maximum Gasteiger partial charge on any atom is 0.193 e. The normalized spacial score (nSPS) is 15.2. The van der Waals surface area contributed by atoms with Crippen LogP contribution in [0.2, 0.25) is 0 Å². The molecule has 0 aliphatic heterocycles. The molecule has 7 heteroatoms. The summed E-state index contributed by atoms with van der Waals surface area (Å²) in [4.78, 5) is 11.4. The SMILES string of the molecule is CN(CCc1nccs1)C(=NCCc1ccco1)NC1CCCC1.I. The van der Waals surface area contributed by atoms with Gasteiger partial charge in [-0.05, 0) is 25.0 Å². The van der Waals surface area contributed by atoms with Gasteiger partial charge in [-0.2, -0.15) is 0 Å². The van der Waals surface area contributed by atoms with Gasteiger partial charge in [0.1, 0.15) is 5.76 Å². The van der Waals surface area contributed by atoms with Crippen LogP contribution < -0.4 is 5.32 Å². The molecule has 0 aromatic carbocycles. The van der Waals surface area contributed by atoms with Gasteiger partial charge in [0, 0.05) is 50.6 Å². The Morgan fingerprint density at radius 3 is 2.92 bits per heavy atom. The number of aliphatic imine (C=N–C) groups is 1. The van der Waals surface area contributed by atoms with Gasteiger partial charge in [0.05, 0.1) is 11.3 Å². The van der Waals surface area contributed by atoms with Crippen LogP contribution >= 0.6 is 35.3 Å². The zero-order valence-corrected chi connectivity index (χ0v) is 17.8. The van der Waals surface area contributed by atoms with Gasteiger partial charge >= 0.3 is 0 Å². The number of hydrogen-bond acceptors (Lipinski definition) is 4. The van der Waals surface area contributed by atoms with Crippen molar-refractivity contribution in [3.8, 4) is 0 Å². The molecule has 0 bridgehead atoms. The van der Waals surface area contributed by atoms with E-state index in [1.807, 2.05) is 23.7 Å². The summed E-state index contributed by atoms with van der Waals surface area (Å²) < 4.78 is 5.40. The number of halogens is 1. The number of hydrogen-bond donors (Lipinski definition) is 1. The van der Waals surface area contributed by atoms with Crippen molar-refractivity contribution in [3.63, 3.8) is 0 Å². The van der Waals surface area contributed by atoms with Gasteiger partial charge in [0.25, 0.3) is 0 Å². The Kier molecular flexibility index (Phi) is 8.74. The second kappa shape index (κ2) is 10.8. The Morgan fingerprint density at radius 2 is 2.24 bits per heavy atom. The van der Waals surface area contributed by atoms with Crippen LogP contribution in [0.5, 0.6) is 0 Å². The molecule has 0 radical (unpaired) electrons. The van der Waals surface area contributed by atoms with E-state index in [9.17, 15) is 0 Å². The highest BCUT2D eigenvalue weighted by molar-refractivity contribution is 14.0. The maximum absolute atomic E-state index is 5.40. The predicted molar refractivity (Wildman–Crippen MR) is 114 cm³/mol. The van der Waals surface area contributed by atoms with Gasteiger partial charge in [0.15, 0.2) is 5.96 Å². The number of nitrogens with one attached hydrogen (secondary N) is 1. The molecule has 25 heavy (non-hydrogen) atoms. The monoisotopic (exact) mass is 474 g/mol. The van der Waals surface area contributed by atoms with E-state index in [4.69, 9.17) is 9.41 Å². The van der Waals surface area contributed by atoms with Crippen LogP contribution in [-0.4, -0.2) is 42.0 Å². The average Bonchev–Trinajstić information content (AvgIpc) is 3.34. The van der Waals surface area contributed by atoms with E-state index < -0.39 is 0 Å². The summed E-state index contributed by atoms with van der Waals surface area (Å²) in [7, 11) is 2.11. The summed E-state index contributed by atoms with van der Waals surface area (Å²) in [5, 5.41) is 6.86. The van der Waals surface area contributed by atoms with Crippen molar-refractivity contribution < 1.29 is 4.42 Å². The maximum atomic E-state index is 5.40. The highest BCUT2D eigenvalue weighted by Crippen LogP contribution is 2.18. The topological polar surface area (TPSA) is 53.7 Å². The minimum Gasteiger partial charge on any atom is -0.469 e. The highest BCUT2D eigenvalue weighted by Gasteiger charge is 2.18. The van der Waals surface area contributed by atoms with E-state index in [1.165, 1.54) is 30.7 Å². The van der Waals surface area contributed by atoms with E-state index in [2.05, 4.69) is 22.2 Å². The van der Waals surface area contributed by atoms with Crippen molar-refractivity contribution in [3.05, 3.63) is 40.7 Å². The third-order valence-electron chi connectivity index (χ3n) is 4.39. The molecular formula is C18H27IN4OS. The first-order valence-corrected chi connectivity index (χ1v) is 9.62. The Morgan fingerprint density at radius 1 is 1.40 bits per heavy atom. The molecule has 0 spiro atoms. The molecule has 1 aliphatic carbocycles. The van der Waals surface area contributed by atoms with Crippen molar-refractivity contribution in [2.45, 2.75) is 44.6 Å². The van der Waals surface area contributed by atoms with Crippen molar-refractivity contribution in [1.29, 1.82) is 0 Å². The van der Waals surface area contributed by atoms with Gasteiger partial charge in [0.2, 0.25) is 0 Å². The second-order valence-electron chi connectivity index (χ2n) is 6.26. The lowest BCUT2D eigenvalue weighted by molar-refractivity contribution is 0.462. The first-order chi connectivity index (χ1) is 11.8. The number of rotatable bonds is 7. The van der Waals surface area contributed by atoms with Crippen molar-refractivity contribution in [2.75, 3.05) is 20.1 Å². The molecule has 1 saturated carbocycles. The van der Waals surface area contributed by atoms with Crippen LogP contribution in [-0.2, 0) is 12.8 Å². The van der Waals surface area contributed by atoms with E-state index in [0.717, 1.165) is 37.7 Å². The second-order valence-corrected chi connectivity index (χ2v) is 7.24.